The summed E-state index contributed by atoms with van der Waals surface area (Å²) in [7, 11) is 0. The van der Waals surface area contributed by atoms with Crippen LogP contribution in [0.5, 0.6) is 0 Å². The molecule has 37 heavy (non-hydrogen) atoms. The number of unbranched alkanes of at least 4 members (excludes halogenated alkanes) is 2. The predicted octanol–water partition coefficient (Wildman–Crippen LogP) is 7.09. The van der Waals surface area contributed by atoms with Crippen molar-refractivity contribution in [2.75, 3.05) is 39.3 Å². The van der Waals surface area contributed by atoms with Crippen LogP contribution in [0.4, 0.5) is 0 Å². The normalized spacial score (nSPS) is 19.6. The predicted molar refractivity (Wildman–Crippen MR) is 160 cm³/mol. The molecule has 0 N–H and O–H groups in total. The Morgan fingerprint density at radius 2 is 1.84 bits per heavy atom. The molecule has 2 aromatic rings. The van der Waals surface area contributed by atoms with Crippen LogP contribution in [-0.4, -0.2) is 64.3 Å². The van der Waals surface area contributed by atoms with Gasteiger partial charge in [-0.1, -0.05) is 51.3 Å². The van der Waals surface area contributed by atoms with E-state index in [2.05, 4.69) is 84.1 Å². The number of rotatable bonds is 11. The van der Waals surface area contributed by atoms with Gasteiger partial charge in [0.2, 0.25) is 0 Å². The first-order chi connectivity index (χ1) is 17.7. The van der Waals surface area contributed by atoms with Crippen molar-refractivity contribution in [2.45, 2.75) is 51.3 Å². The van der Waals surface area contributed by atoms with Crippen molar-refractivity contribution >= 4 is 28.1 Å². The lowest BCUT2D eigenvalue weighted by Gasteiger charge is -2.39. The Morgan fingerprint density at radius 1 is 1.08 bits per heavy atom. The molecule has 2 aliphatic heterocycles. The molecule has 0 radical (unpaired) electrons. The Bertz CT molecular complexity index is 1160. The van der Waals surface area contributed by atoms with Crippen molar-refractivity contribution in [3.05, 3.63) is 85.0 Å². The number of halogens is 1. The maximum absolute atomic E-state index is 6.80. The van der Waals surface area contributed by atoms with Crippen LogP contribution in [0.1, 0.15) is 50.7 Å². The van der Waals surface area contributed by atoms with Gasteiger partial charge in [-0.25, -0.2) is 0 Å². The Morgan fingerprint density at radius 3 is 2.51 bits per heavy atom. The molecule has 198 valence electrons. The number of benzene rings is 1. The maximum atomic E-state index is 6.80. The Hall–Kier alpha value is -2.56. The van der Waals surface area contributed by atoms with Gasteiger partial charge in [0.15, 0.2) is 0 Å². The molecule has 0 saturated carbocycles. The third-order valence-corrected chi connectivity index (χ3v) is 8.42. The van der Waals surface area contributed by atoms with E-state index in [1.807, 2.05) is 6.20 Å². The molecule has 4 rings (SSSR count). The molecule has 0 amide bonds. The standard InChI is InChI=1S/C32H43ClN4/c1-23(2)29-13-14-34-32-12-11-28(21-30(29)32)10-8-7-9-15-35-16-18-36(19-17-35)27(6)31(33)22-37-25(4)20-24(3)26(37)5/h11-14,21,24,31H,1,4-10,15-20,22H2,2-3H3. The van der Waals surface area contributed by atoms with Gasteiger partial charge in [0.25, 0.3) is 0 Å². The lowest BCUT2D eigenvalue weighted by Crippen LogP contribution is -2.47. The molecular weight excluding hydrogens is 476 g/mol. The summed E-state index contributed by atoms with van der Waals surface area (Å²) in [6.45, 7) is 27.2. The van der Waals surface area contributed by atoms with Crippen LogP contribution < -0.4 is 0 Å². The second-order valence-electron chi connectivity index (χ2n) is 10.9. The van der Waals surface area contributed by atoms with Gasteiger partial charge < -0.3 is 9.80 Å². The van der Waals surface area contributed by atoms with E-state index in [1.54, 1.807) is 0 Å². The molecule has 0 aliphatic carbocycles. The number of aromatic nitrogens is 1. The van der Waals surface area contributed by atoms with E-state index in [0.29, 0.717) is 12.5 Å². The molecule has 0 bridgehead atoms. The monoisotopic (exact) mass is 518 g/mol. The summed E-state index contributed by atoms with van der Waals surface area (Å²) in [5.41, 5.74) is 8.01. The van der Waals surface area contributed by atoms with E-state index < -0.39 is 0 Å². The molecule has 2 fully saturated rings. The zero-order valence-electron chi connectivity index (χ0n) is 22.8. The highest BCUT2D eigenvalue weighted by Crippen LogP contribution is 2.34. The summed E-state index contributed by atoms with van der Waals surface area (Å²) in [5.74, 6) is 0.451. The van der Waals surface area contributed by atoms with Gasteiger partial charge in [-0.3, -0.25) is 9.88 Å². The van der Waals surface area contributed by atoms with E-state index in [9.17, 15) is 0 Å². The summed E-state index contributed by atoms with van der Waals surface area (Å²) in [5, 5.41) is 1.10. The number of allylic oxidation sites excluding steroid dienone is 3. The number of pyridine rings is 1. The number of hydrogen-bond acceptors (Lipinski definition) is 4. The number of likely N-dealkylation sites (tertiary alicyclic amines) is 1. The minimum Gasteiger partial charge on any atom is -0.371 e. The first kappa shape index (κ1) is 27.5. The Kier molecular flexibility index (Phi) is 9.15. The van der Waals surface area contributed by atoms with Crippen LogP contribution in [0.2, 0.25) is 0 Å². The molecule has 1 aromatic carbocycles. The summed E-state index contributed by atoms with van der Waals surface area (Å²) in [6.07, 6.45) is 7.66. The second-order valence-corrected chi connectivity index (χ2v) is 11.4. The van der Waals surface area contributed by atoms with Gasteiger partial charge >= 0.3 is 0 Å². The van der Waals surface area contributed by atoms with E-state index in [0.717, 1.165) is 73.7 Å². The van der Waals surface area contributed by atoms with E-state index in [4.69, 9.17) is 11.6 Å². The molecule has 2 unspecified atom stereocenters. The molecule has 2 saturated heterocycles. The number of piperazine rings is 1. The third-order valence-electron chi connectivity index (χ3n) is 8.03. The topological polar surface area (TPSA) is 22.6 Å². The fourth-order valence-electron chi connectivity index (χ4n) is 5.58. The fraction of sp³-hybridized carbons (Fsp3) is 0.469. The highest BCUT2D eigenvalue weighted by molar-refractivity contribution is 6.22. The van der Waals surface area contributed by atoms with Gasteiger partial charge in [0.1, 0.15) is 0 Å². The van der Waals surface area contributed by atoms with Crippen LogP contribution in [0, 0.1) is 5.92 Å². The van der Waals surface area contributed by atoms with Crippen molar-refractivity contribution in [1.82, 2.24) is 19.7 Å². The third kappa shape index (κ3) is 6.66. The van der Waals surface area contributed by atoms with Gasteiger partial charge in [0.05, 0.1) is 10.9 Å². The van der Waals surface area contributed by atoms with Crippen LogP contribution in [-0.2, 0) is 6.42 Å². The molecule has 2 atom stereocenters. The maximum Gasteiger partial charge on any atom is 0.0906 e. The van der Waals surface area contributed by atoms with Crippen molar-refractivity contribution in [3.8, 4) is 0 Å². The highest BCUT2D eigenvalue weighted by atomic mass is 35.5. The number of aryl methyl sites for hydroxylation is 1. The quantitative estimate of drug-likeness (QED) is 0.234. The van der Waals surface area contributed by atoms with E-state index in [1.165, 1.54) is 35.8 Å². The fourth-order valence-corrected chi connectivity index (χ4v) is 5.86. The summed E-state index contributed by atoms with van der Waals surface area (Å²) in [4.78, 5) is 11.7. The zero-order valence-corrected chi connectivity index (χ0v) is 23.6. The smallest absolute Gasteiger partial charge is 0.0906 e. The molecular formula is C32H43ClN4. The van der Waals surface area contributed by atoms with E-state index in [-0.39, 0.29) is 5.38 Å². The first-order valence-corrected chi connectivity index (χ1v) is 14.2. The molecule has 4 nitrogen and oxygen atoms in total. The first-order valence-electron chi connectivity index (χ1n) is 13.7. The number of hydrogen-bond donors (Lipinski definition) is 0. The van der Waals surface area contributed by atoms with Crippen molar-refractivity contribution in [2.24, 2.45) is 5.92 Å². The minimum atomic E-state index is -0.122. The largest absolute Gasteiger partial charge is 0.371 e. The lowest BCUT2D eigenvalue weighted by molar-refractivity contribution is 0.153. The molecule has 3 heterocycles. The lowest BCUT2D eigenvalue weighted by atomic mass is 9.99. The van der Waals surface area contributed by atoms with Crippen LogP contribution in [0.25, 0.3) is 16.5 Å². The summed E-state index contributed by atoms with van der Waals surface area (Å²) < 4.78 is 0. The van der Waals surface area contributed by atoms with Crippen LogP contribution in [0.15, 0.2) is 73.9 Å². The van der Waals surface area contributed by atoms with Gasteiger partial charge in [-0.05, 0) is 68.5 Å². The zero-order chi connectivity index (χ0) is 26.5. The van der Waals surface area contributed by atoms with Gasteiger partial charge in [0, 0.05) is 67.3 Å². The molecule has 1 aromatic heterocycles. The van der Waals surface area contributed by atoms with Crippen LogP contribution >= 0.6 is 11.6 Å². The highest BCUT2D eigenvalue weighted by Gasteiger charge is 2.30. The SMILES string of the molecule is C=C(C)c1ccnc2ccc(CCCCCN3CCN(C(=C)C(Cl)CN4C(=C)CC(C)C4=C)CC3)cc12. The summed E-state index contributed by atoms with van der Waals surface area (Å²) in [6, 6.07) is 8.75. The Labute approximate surface area is 229 Å². The number of fused-ring (bicyclic) bond motifs is 1. The van der Waals surface area contributed by atoms with E-state index >= 15 is 0 Å². The minimum absolute atomic E-state index is 0.122. The average molecular weight is 519 g/mol. The molecule has 0 spiro atoms. The van der Waals surface area contributed by atoms with Crippen LogP contribution in [0.3, 0.4) is 0 Å². The van der Waals surface area contributed by atoms with Gasteiger partial charge in [-0.2, -0.15) is 0 Å². The van der Waals surface area contributed by atoms with Gasteiger partial charge in [-0.15, -0.1) is 11.6 Å². The second kappa shape index (κ2) is 12.3. The average Bonchev–Trinajstić information content (AvgIpc) is 3.13. The van der Waals surface area contributed by atoms with Crippen molar-refractivity contribution in [1.29, 1.82) is 0 Å². The number of nitrogens with zero attached hydrogens (tertiary/aromatic N) is 4. The molecule has 5 heteroatoms. The van der Waals surface area contributed by atoms with Crippen molar-refractivity contribution < 1.29 is 0 Å². The summed E-state index contributed by atoms with van der Waals surface area (Å²) >= 11 is 6.80. The molecule has 2 aliphatic rings. The number of alkyl halides is 1. The van der Waals surface area contributed by atoms with Crippen molar-refractivity contribution in [3.63, 3.8) is 0 Å². The Balaban J connectivity index is 1.15.